The molecule has 1 aliphatic carbocycles. The van der Waals surface area contributed by atoms with Crippen molar-refractivity contribution in [3.8, 4) is 0 Å². The first-order valence-electron chi connectivity index (χ1n) is 10.4. The Morgan fingerprint density at radius 3 is 2.93 bits per heavy atom. The summed E-state index contributed by atoms with van der Waals surface area (Å²) in [5.41, 5.74) is 3.58. The number of ether oxygens (including phenoxy) is 1. The zero-order chi connectivity index (χ0) is 21.1. The number of fused-ring (bicyclic) bond motifs is 1. The Labute approximate surface area is 185 Å². The third-order valence-electron chi connectivity index (χ3n) is 5.66. The number of anilines is 1. The minimum Gasteiger partial charge on any atom is -0.376 e. The van der Waals surface area contributed by atoms with Gasteiger partial charge in [0.25, 0.3) is 0 Å². The van der Waals surface area contributed by atoms with Gasteiger partial charge in [-0.1, -0.05) is 29.4 Å². The number of aryl methyl sites for hydroxylation is 1. The van der Waals surface area contributed by atoms with Crippen LogP contribution in [0.1, 0.15) is 42.5 Å². The van der Waals surface area contributed by atoms with E-state index in [4.69, 9.17) is 16.3 Å². The fourth-order valence-corrected chi connectivity index (χ4v) is 5.11. The maximum Gasteiger partial charge on any atom is 0.348 e. The number of rotatable bonds is 6. The highest BCUT2D eigenvalue weighted by Crippen LogP contribution is 2.29. The molecule has 6 nitrogen and oxygen atoms in total. The van der Waals surface area contributed by atoms with Crippen LogP contribution in [-0.2, 0) is 28.9 Å². The Morgan fingerprint density at radius 1 is 1.33 bits per heavy atom. The molecule has 4 rings (SSSR count). The third-order valence-corrected chi connectivity index (χ3v) is 7.08. The van der Waals surface area contributed by atoms with Crippen LogP contribution in [0.25, 0.3) is 0 Å². The number of hydrogen-bond acceptors (Lipinski definition) is 5. The smallest absolute Gasteiger partial charge is 0.348 e. The predicted molar refractivity (Wildman–Crippen MR) is 120 cm³/mol. The number of benzene rings is 1. The molecule has 8 heteroatoms. The van der Waals surface area contributed by atoms with Crippen LogP contribution in [0, 0.1) is 6.92 Å². The molecule has 1 aromatic heterocycles. The molecular formula is C22H26ClN3O3S. The monoisotopic (exact) mass is 447 g/mol. The van der Waals surface area contributed by atoms with Gasteiger partial charge in [0.1, 0.15) is 5.03 Å². The number of carbonyl (C=O) groups excluding carboxylic acids is 1. The van der Waals surface area contributed by atoms with Crippen LogP contribution in [0.2, 0.25) is 5.02 Å². The summed E-state index contributed by atoms with van der Waals surface area (Å²) in [5, 5.41) is 4.17. The molecule has 1 amide bonds. The van der Waals surface area contributed by atoms with Crippen LogP contribution in [0.4, 0.5) is 5.69 Å². The van der Waals surface area contributed by atoms with Crippen molar-refractivity contribution in [3.63, 3.8) is 0 Å². The lowest BCUT2D eigenvalue weighted by Crippen LogP contribution is -2.34. The molecule has 0 saturated carbocycles. The Kier molecular flexibility index (Phi) is 6.80. The second-order valence-corrected chi connectivity index (χ2v) is 9.25. The number of halogens is 1. The maximum absolute atomic E-state index is 12.8. The van der Waals surface area contributed by atoms with Crippen molar-refractivity contribution in [3.05, 3.63) is 50.5 Å². The van der Waals surface area contributed by atoms with E-state index in [1.807, 2.05) is 23.6 Å². The van der Waals surface area contributed by atoms with Gasteiger partial charge in [0.05, 0.1) is 18.4 Å². The van der Waals surface area contributed by atoms with E-state index < -0.39 is 0 Å². The largest absolute Gasteiger partial charge is 0.376 e. The number of nitrogens with one attached hydrogen (secondary N) is 1. The van der Waals surface area contributed by atoms with Gasteiger partial charge >= 0.3 is 5.69 Å². The molecule has 1 fully saturated rings. The van der Waals surface area contributed by atoms with Gasteiger partial charge in [0.2, 0.25) is 5.91 Å². The van der Waals surface area contributed by atoms with Crippen molar-refractivity contribution in [2.24, 2.45) is 0 Å². The first-order chi connectivity index (χ1) is 14.5. The lowest BCUT2D eigenvalue weighted by Gasteiger charge is -2.24. The van der Waals surface area contributed by atoms with Gasteiger partial charge in [-0.25, -0.2) is 4.79 Å². The summed E-state index contributed by atoms with van der Waals surface area (Å²) in [5.74, 6) is 0.0509. The highest BCUT2D eigenvalue weighted by molar-refractivity contribution is 8.00. The topological polar surface area (TPSA) is 73.2 Å². The molecule has 30 heavy (non-hydrogen) atoms. The summed E-state index contributed by atoms with van der Waals surface area (Å²) in [4.78, 5) is 29.5. The van der Waals surface area contributed by atoms with Gasteiger partial charge < -0.3 is 10.1 Å². The Morgan fingerprint density at radius 2 is 2.17 bits per heavy atom. The second-order valence-electron chi connectivity index (χ2n) is 7.88. The number of nitrogens with zero attached hydrogens (tertiary/aromatic N) is 2. The van der Waals surface area contributed by atoms with Gasteiger partial charge in [0, 0.05) is 28.6 Å². The standard InChI is InChI=1S/C22H26ClN3O3S/c1-14-8-9-15(11-18(14)23)24-20(27)13-30-21-17-6-2-3-7-19(17)26(22(28)25-21)12-16-5-4-10-29-16/h8-9,11,16H,2-7,10,12-13H2,1H3,(H,24,27). The molecule has 1 aromatic carbocycles. The minimum atomic E-state index is -0.237. The van der Waals surface area contributed by atoms with E-state index in [-0.39, 0.29) is 23.5 Å². The minimum absolute atomic E-state index is 0.0983. The molecule has 0 bridgehead atoms. The summed E-state index contributed by atoms with van der Waals surface area (Å²) in [7, 11) is 0. The number of amides is 1. The van der Waals surface area contributed by atoms with E-state index >= 15 is 0 Å². The van der Waals surface area contributed by atoms with E-state index in [9.17, 15) is 9.59 Å². The van der Waals surface area contributed by atoms with Crippen molar-refractivity contribution in [2.45, 2.75) is 63.1 Å². The zero-order valence-corrected chi connectivity index (χ0v) is 18.7. The van der Waals surface area contributed by atoms with Crippen LogP contribution in [-0.4, -0.2) is 33.9 Å². The molecule has 1 saturated heterocycles. The Hall–Kier alpha value is -1.83. The van der Waals surface area contributed by atoms with Gasteiger partial charge in [-0.2, -0.15) is 4.98 Å². The van der Waals surface area contributed by atoms with E-state index in [0.29, 0.717) is 22.3 Å². The van der Waals surface area contributed by atoms with E-state index in [1.54, 1.807) is 6.07 Å². The molecular weight excluding hydrogens is 422 g/mol. The fourth-order valence-electron chi connectivity index (χ4n) is 4.05. The number of aromatic nitrogens is 2. The highest BCUT2D eigenvalue weighted by Gasteiger charge is 2.24. The lowest BCUT2D eigenvalue weighted by molar-refractivity contribution is -0.113. The molecule has 160 valence electrons. The van der Waals surface area contributed by atoms with E-state index in [2.05, 4.69) is 10.3 Å². The summed E-state index contributed by atoms with van der Waals surface area (Å²) in [6, 6.07) is 5.44. The average molecular weight is 448 g/mol. The average Bonchev–Trinajstić information content (AvgIpc) is 3.25. The molecule has 1 N–H and O–H groups in total. The Bertz CT molecular complexity index is 1000. The third kappa shape index (κ3) is 4.90. The molecule has 1 unspecified atom stereocenters. The van der Waals surface area contributed by atoms with Crippen molar-refractivity contribution in [2.75, 3.05) is 17.7 Å². The van der Waals surface area contributed by atoms with Gasteiger partial charge in [-0.3, -0.25) is 9.36 Å². The number of thioether (sulfide) groups is 1. The fraction of sp³-hybridized carbons (Fsp3) is 0.500. The predicted octanol–water partition coefficient (Wildman–Crippen LogP) is 3.99. The van der Waals surface area contributed by atoms with Gasteiger partial charge in [0.15, 0.2) is 0 Å². The molecule has 0 spiro atoms. The summed E-state index contributed by atoms with van der Waals surface area (Å²) < 4.78 is 7.54. The highest BCUT2D eigenvalue weighted by atomic mass is 35.5. The van der Waals surface area contributed by atoms with Gasteiger partial charge in [-0.05, 0) is 63.1 Å². The quantitative estimate of drug-likeness (QED) is 0.535. The summed E-state index contributed by atoms with van der Waals surface area (Å²) in [6.45, 7) is 3.26. The molecule has 1 aliphatic heterocycles. The van der Waals surface area contributed by atoms with Crippen molar-refractivity contribution < 1.29 is 9.53 Å². The van der Waals surface area contributed by atoms with Crippen LogP contribution in [0.15, 0.2) is 28.0 Å². The van der Waals surface area contributed by atoms with Gasteiger partial charge in [-0.15, -0.1) is 0 Å². The molecule has 2 aromatic rings. The van der Waals surface area contributed by atoms with E-state index in [1.165, 1.54) is 11.8 Å². The molecule has 2 heterocycles. The first kappa shape index (κ1) is 21.4. The second kappa shape index (κ2) is 9.54. The maximum atomic E-state index is 12.8. The SMILES string of the molecule is Cc1ccc(NC(=O)CSc2nc(=O)n(CC3CCCO3)c3c2CCCC3)cc1Cl. The van der Waals surface area contributed by atoms with Crippen LogP contribution in [0.5, 0.6) is 0 Å². The van der Waals surface area contributed by atoms with Crippen molar-refractivity contribution >= 4 is 35.0 Å². The lowest BCUT2D eigenvalue weighted by atomic mass is 9.97. The van der Waals surface area contributed by atoms with Crippen molar-refractivity contribution in [1.82, 2.24) is 9.55 Å². The molecule has 2 aliphatic rings. The normalized spacial score (nSPS) is 18.3. The van der Waals surface area contributed by atoms with Crippen LogP contribution in [0.3, 0.4) is 0 Å². The van der Waals surface area contributed by atoms with Crippen LogP contribution < -0.4 is 11.0 Å². The Balaban J connectivity index is 1.48. The van der Waals surface area contributed by atoms with Crippen molar-refractivity contribution in [1.29, 1.82) is 0 Å². The van der Waals surface area contributed by atoms with E-state index in [0.717, 1.165) is 62.0 Å². The molecule has 1 atom stereocenters. The molecule has 0 radical (unpaired) electrons. The summed E-state index contributed by atoms with van der Waals surface area (Å²) in [6.07, 6.45) is 6.05. The number of hydrogen-bond donors (Lipinski definition) is 1. The number of carbonyl (C=O) groups is 1. The summed E-state index contributed by atoms with van der Waals surface area (Å²) >= 11 is 7.46. The zero-order valence-electron chi connectivity index (χ0n) is 17.1. The van der Waals surface area contributed by atoms with Crippen LogP contribution >= 0.6 is 23.4 Å². The first-order valence-corrected chi connectivity index (χ1v) is 11.8.